The van der Waals surface area contributed by atoms with Crippen molar-refractivity contribution in [3.63, 3.8) is 0 Å². The molecule has 0 atom stereocenters. The topological polar surface area (TPSA) is 98.7 Å². The fourth-order valence-electron chi connectivity index (χ4n) is 1.46. The van der Waals surface area contributed by atoms with Gasteiger partial charge >= 0.3 is 25.3 Å². The van der Waals surface area contributed by atoms with Gasteiger partial charge in [-0.05, 0) is 13.0 Å². The number of aryl methyl sites for hydroxylation is 1. The summed E-state index contributed by atoms with van der Waals surface area (Å²) >= 11 is -2.03. The number of phenolic OH excluding ortho intramolecular Hbond substituents is 1. The molecule has 0 heterocycles. The third-order valence-corrected chi connectivity index (χ3v) is 2.32. The molecule has 1 aromatic carbocycles. The van der Waals surface area contributed by atoms with E-state index in [0.29, 0.717) is 18.8 Å². The van der Waals surface area contributed by atoms with Crippen molar-refractivity contribution in [2.24, 2.45) is 0 Å². The van der Waals surface area contributed by atoms with Gasteiger partial charge in [0.1, 0.15) is 5.75 Å². The molecule has 0 bridgehead atoms. The molecule has 108 valence electrons. The first kappa shape index (κ1) is 18.2. The predicted molar refractivity (Wildman–Crippen MR) is 65.9 cm³/mol. The Morgan fingerprint density at radius 1 is 1.16 bits per heavy atom. The van der Waals surface area contributed by atoms with E-state index in [0.717, 1.165) is 24.2 Å². The molecule has 0 saturated carbocycles. The monoisotopic (exact) mass is 354 g/mol. The van der Waals surface area contributed by atoms with Crippen LogP contribution in [0.25, 0.3) is 0 Å². The van der Waals surface area contributed by atoms with Crippen LogP contribution in [0.1, 0.15) is 11.1 Å². The molecule has 0 amide bonds. The minimum atomic E-state index is -2.03. The van der Waals surface area contributed by atoms with Crippen LogP contribution in [-0.2, 0) is 31.8 Å². The summed E-state index contributed by atoms with van der Waals surface area (Å²) in [7, 11) is 0. The summed E-state index contributed by atoms with van der Waals surface area (Å²) < 4.78 is 17.0. The molecule has 0 saturated heterocycles. The van der Waals surface area contributed by atoms with Crippen LogP contribution in [0.5, 0.6) is 5.75 Å². The summed E-state index contributed by atoms with van der Waals surface area (Å²) in [5.74, 6) is 0.335. The van der Waals surface area contributed by atoms with Gasteiger partial charge in [0.25, 0.3) is 0 Å². The molecule has 4 N–H and O–H groups in total. The number of phenols is 1. The van der Waals surface area contributed by atoms with Crippen molar-refractivity contribution in [3.8, 4) is 5.75 Å². The molecule has 1 rings (SSSR count). The number of aliphatic hydroxyl groups excluding tert-OH is 1. The first-order valence-corrected chi connectivity index (χ1v) is 7.52. The number of hydrogen-bond donors (Lipinski definition) is 4. The van der Waals surface area contributed by atoms with Gasteiger partial charge in [0.05, 0.1) is 6.61 Å². The predicted octanol–water partition coefficient (Wildman–Crippen LogP) is 0.132. The van der Waals surface area contributed by atoms with Gasteiger partial charge in [-0.2, -0.15) is 0 Å². The number of aliphatic hydroxyl groups is 1. The van der Waals surface area contributed by atoms with E-state index in [2.05, 4.69) is 10.6 Å². The molecule has 0 fully saturated rings. The number of rotatable bonds is 7. The first-order chi connectivity index (χ1) is 9.15. The quantitative estimate of drug-likeness (QED) is 0.411. The summed E-state index contributed by atoms with van der Waals surface area (Å²) in [6.45, 7) is 5.08. The number of nitrogens with one attached hydrogen (secondary N) is 2. The second-order valence-electron chi connectivity index (χ2n) is 3.85. The van der Waals surface area contributed by atoms with Crippen molar-refractivity contribution in [1.29, 1.82) is 0 Å². The van der Waals surface area contributed by atoms with Gasteiger partial charge in [0, 0.05) is 31.7 Å². The summed E-state index contributed by atoms with van der Waals surface area (Å²) in [6, 6.07) is 5.58. The normalized spacial score (nSPS) is 9.58. The first-order valence-electron chi connectivity index (χ1n) is 5.88. The average Bonchev–Trinajstić information content (AvgIpc) is 2.38. The van der Waals surface area contributed by atoms with Crippen LogP contribution in [0.15, 0.2) is 18.2 Å². The molecule has 0 radical (unpaired) electrons. The molecule has 0 aliphatic rings. The summed E-state index contributed by atoms with van der Waals surface area (Å²) in [6.07, 6.45) is 0. The van der Waals surface area contributed by atoms with Gasteiger partial charge in [-0.25, -0.2) is 0 Å². The van der Waals surface area contributed by atoms with E-state index >= 15 is 0 Å². The van der Waals surface area contributed by atoms with E-state index < -0.39 is 18.5 Å². The molecule has 6 nitrogen and oxygen atoms in total. The van der Waals surface area contributed by atoms with E-state index in [4.69, 9.17) is 11.9 Å². The van der Waals surface area contributed by atoms with Gasteiger partial charge in [-0.1, -0.05) is 17.7 Å². The number of hydrogen-bond acceptors (Lipinski definition) is 6. The maximum atomic E-state index is 9.59. The number of aromatic hydroxyl groups is 1. The van der Waals surface area contributed by atoms with Crippen LogP contribution in [-0.4, -0.2) is 36.5 Å². The Morgan fingerprint density at radius 2 is 1.79 bits per heavy atom. The van der Waals surface area contributed by atoms with Gasteiger partial charge in [0.15, 0.2) is 0 Å². The Labute approximate surface area is 121 Å². The average molecular weight is 352 g/mol. The molecule has 7 heteroatoms. The molecule has 0 aliphatic carbocycles. The van der Waals surface area contributed by atoms with Crippen molar-refractivity contribution < 1.29 is 35.5 Å². The van der Waals surface area contributed by atoms with Crippen LogP contribution >= 0.6 is 0 Å². The third kappa shape index (κ3) is 9.73. The van der Waals surface area contributed by atoms with Gasteiger partial charge in [0.2, 0.25) is 0 Å². The van der Waals surface area contributed by atoms with Crippen LogP contribution < -0.4 is 10.6 Å². The molecular formula is C12H20MoN2O4. The zero-order chi connectivity index (χ0) is 14.5. The molecule has 1 aromatic rings. The van der Waals surface area contributed by atoms with Crippen LogP contribution in [0, 0.1) is 6.92 Å². The summed E-state index contributed by atoms with van der Waals surface area (Å²) in [5.41, 5.74) is 2.06. The Morgan fingerprint density at radius 3 is 2.42 bits per heavy atom. The van der Waals surface area contributed by atoms with E-state index in [1.54, 1.807) is 6.07 Å². The van der Waals surface area contributed by atoms with Crippen molar-refractivity contribution in [2.75, 3.05) is 26.2 Å². The van der Waals surface area contributed by atoms with E-state index in [9.17, 15) is 5.11 Å². The minimum absolute atomic E-state index is 0.165. The molecule has 0 aromatic heterocycles. The number of benzene rings is 1. The molecule has 0 spiro atoms. The second kappa shape index (κ2) is 12.2. The second-order valence-corrected chi connectivity index (χ2v) is 4.19. The van der Waals surface area contributed by atoms with E-state index in [-0.39, 0.29) is 6.61 Å². The van der Waals surface area contributed by atoms with Gasteiger partial charge in [-0.15, -0.1) is 0 Å². The Bertz CT molecular complexity index is 395. The molecular weight excluding hydrogens is 332 g/mol. The SMILES string of the molecule is Cc1ccc(O)c(CNCCNCCO)c1.[O]=[Mo]=[O]. The standard InChI is InChI=1S/C12H20N2O2.Mo.2O/c1-10-2-3-12(16)11(8-10)9-14-5-4-13-6-7-15;;;/h2-3,8,13-16H,4-7,9H2,1H3;;;. The summed E-state index contributed by atoms with van der Waals surface area (Å²) in [4.78, 5) is 0. The fraction of sp³-hybridized carbons (Fsp3) is 0.500. The zero-order valence-corrected chi connectivity index (χ0v) is 12.9. The van der Waals surface area contributed by atoms with Gasteiger partial charge in [-0.3, -0.25) is 0 Å². The Kier molecular flexibility index (Phi) is 11.7. The van der Waals surface area contributed by atoms with Crippen LogP contribution in [0.3, 0.4) is 0 Å². The maximum absolute atomic E-state index is 9.59. The Hall–Kier alpha value is -0.812. The van der Waals surface area contributed by atoms with Gasteiger partial charge < -0.3 is 20.8 Å². The van der Waals surface area contributed by atoms with Crippen LogP contribution in [0.2, 0.25) is 0 Å². The summed E-state index contributed by atoms with van der Waals surface area (Å²) in [5, 5.41) is 24.4. The molecule has 0 unspecified atom stereocenters. The van der Waals surface area contributed by atoms with E-state index in [1.807, 2.05) is 19.1 Å². The van der Waals surface area contributed by atoms with Crippen molar-refractivity contribution >= 4 is 0 Å². The van der Waals surface area contributed by atoms with Crippen molar-refractivity contribution in [1.82, 2.24) is 10.6 Å². The van der Waals surface area contributed by atoms with Crippen LogP contribution in [0.4, 0.5) is 0 Å². The van der Waals surface area contributed by atoms with Crippen molar-refractivity contribution in [2.45, 2.75) is 13.5 Å². The third-order valence-electron chi connectivity index (χ3n) is 2.32. The Balaban J connectivity index is 0.000000982. The zero-order valence-electron chi connectivity index (χ0n) is 10.9. The molecule has 19 heavy (non-hydrogen) atoms. The fourth-order valence-corrected chi connectivity index (χ4v) is 1.46. The van der Waals surface area contributed by atoms with E-state index in [1.165, 1.54) is 0 Å². The van der Waals surface area contributed by atoms with Crippen molar-refractivity contribution in [3.05, 3.63) is 29.3 Å². The molecule has 0 aliphatic heterocycles.